The summed E-state index contributed by atoms with van der Waals surface area (Å²) in [6.45, 7) is 0. The highest BCUT2D eigenvalue weighted by Gasteiger charge is 2.13. The van der Waals surface area contributed by atoms with Gasteiger partial charge in [0.15, 0.2) is 0 Å². The summed E-state index contributed by atoms with van der Waals surface area (Å²) >= 11 is 0. The number of imidazole rings is 1. The topological polar surface area (TPSA) is 52.7 Å². The molecule has 0 amide bonds. The molecular formula is C16H18N4. The molecule has 3 aromatic rings. The van der Waals surface area contributed by atoms with E-state index in [0.29, 0.717) is 0 Å². The van der Waals surface area contributed by atoms with Crippen LogP contribution in [0.3, 0.4) is 0 Å². The van der Waals surface area contributed by atoms with E-state index in [2.05, 4.69) is 57.0 Å². The maximum atomic E-state index is 4.26. The molecule has 0 saturated heterocycles. The number of rotatable bonds is 4. The van der Waals surface area contributed by atoms with E-state index >= 15 is 0 Å². The predicted molar refractivity (Wildman–Crippen MR) is 83.0 cm³/mol. The van der Waals surface area contributed by atoms with E-state index in [9.17, 15) is 0 Å². The van der Waals surface area contributed by atoms with Gasteiger partial charge in [0.05, 0.1) is 23.4 Å². The van der Waals surface area contributed by atoms with Crippen molar-refractivity contribution in [2.45, 2.75) is 6.04 Å². The van der Waals surface area contributed by atoms with Crippen molar-refractivity contribution >= 4 is 16.7 Å². The molecule has 0 aliphatic carbocycles. The fraction of sp³-hybridized carbons (Fsp3) is 0.188. The van der Waals surface area contributed by atoms with Crippen molar-refractivity contribution < 1.29 is 0 Å². The van der Waals surface area contributed by atoms with E-state index in [1.54, 1.807) is 6.33 Å². The summed E-state index contributed by atoms with van der Waals surface area (Å²) in [6, 6.07) is 14.9. The number of benzene rings is 2. The second kappa shape index (κ2) is 5.35. The number of hydrogen-bond acceptors (Lipinski definition) is 3. The van der Waals surface area contributed by atoms with Crippen LogP contribution in [0.5, 0.6) is 0 Å². The Bertz CT molecular complexity index is 717. The zero-order valence-corrected chi connectivity index (χ0v) is 11.6. The van der Waals surface area contributed by atoms with Crippen molar-refractivity contribution in [1.82, 2.24) is 15.3 Å². The standard InChI is InChI=1S/C16H18N4/c1-17-13-5-3-4-11(8-13)16(18-2)12-6-7-14-15(9-12)20-10-19-14/h3-10,16-18H,1-2H3,(H,19,20). The molecule has 3 rings (SSSR count). The molecule has 1 aromatic heterocycles. The molecule has 1 heterocycles. The van der Waals surface area contributed by atoms with Crippen LogP contribution in [0.25, 0.3) is 11.0 Å². The van der Waals surface area contributed by atoms with Crippen LogP contribution in [0.1, 0.15) is 17.2 Å². The zero-order valence-electron chi connectivity index (χ0n) is 11.6. The highest BCUT2D eigenvalue weighted by Crippen LogP contribution is 2.25. The van der Waals surface area contributed by atoms with Crippen molar-refractivity contribution in [3.05, 3.63) is 59.9 Å². The molecular weight excluding hydrogens is 248 g/mol. The normalized spacial score (nSPS) is 12.5. The highest BCUT2D eigenvalue weighted by molar-refractivity contribution is 5.75. The molecule has 2 aromatic carbocycles. The lowest BCUT2D eigenvalue weighted by molar-refractivity contribution is 0.693. The highest BCUT2D eigenvalue weighted by atomic mass is 14.9. The van der Waals surface area contributed by atoms with E-state index < -0.39 is 0 Å². The van der Waals surface area contributed by atoms with Gasteiger partial charge in [-0.25, -0.2) is 4.98 Å². The molecule has 0 bridgehead atoms. The molecule has 20 heavy (non-hydrogen) atoms. The number of fused-ring (bicyclic) bond motifs is 1. The molecule has 4 nitrogen and oxygen atoms in total. The number of aromatic nitrogens is 2. The van der Waals surface area contributed by atoms with Gasteiger partial charge in [0, 0.05) is 12.7 Å². The van der Waals surface area contributed by atoms with Gasteiger partial charge >= 0.3 is 0 Å². The SMILES string of the molecule is CNc1cccc(C(NC)c2ccc3nc[nH]c3c2)c1. The van der Waals surface area contributed by atoms with Crippen molar-refractivity contribution in [2.24, 2.45) is 0 Å². The number of hydrogen-bond donors (Lipinski definition) is 3. The molecule has 0 radical (unpaired) electrons. The van der Waals surface area contributed by atoms with Gasteiger partial charge in [0.1, 0.15) is 0 Å². The number of nitrogens with one attached hydrogen (secondary N) is 3. The summed E-state index contributed by atoms with van der Waals surface area (Å²) in [5, 5.41) is 6.56. The molecule has 3 N–H and O–H groups in total. The maximum absolute atomic E-state index is 4.26. The number of H-pyrrole nitrogens is 1. The van der Waals surface area contributed by atoms with Crippen LogP contribution in [-0.4, -0.2) is 24.1 Å². The lowest BCUT2D eigenvalue weighted by atomic mass is 9.98. The van der Waals surface area contributed by atoms with Gasteiger partial charge in [-0.05, 0) is 42.4 Å². The van der Waals surface area contributed by atoms with Crippen molar-refractivity contribution in [2.75, 3.05) is 19.4 Å². The Kier molecular flexibility index (Phi) is 3.39. The zero-order chi connectivity index (χ0) is 13.9. The Morgan fingerprint density at radius 1 is 1.05 bits per heavy atom. The lowest BCUT2D eigenvalue weighted by Crippen LogP contribution is -2.17. The molecule has 1 atom stereocenters. The van der Waals surface area contributed by atoms with Gasteiger partial charge in [-0.1, -0.05) is 18.2 Å². The van der Waals surface area contributed by atoms with E-state index in [1.165, 1.54) is 11.1 Å². The second-order valence-electron chi connectivity index (χ2n) is 4.78. The van der Waals surface area contributed by atoms with Gasteiger partial charge in [-0.3, -0.25) is 0 Å². The lowest BCUT2D eigenvalue weighted by Gasteiger charge is -2.18. The van der Waals surface area contributed by atoms with E-state index in [-0.39, 0.29) is 6.04 Å². The summed E-state index contributed by atoms with van der Waals surface area (Å²) in [5.41, 5.74) is 5.63. The van der Waals surface area contributed by atoms with Crippen LogP contribution in [0.15, 0.2) is 48.8 Å². The summed E-state index contributed by atoms with van der Waals surface area (Å²) < 4.78 is 0. The monoisotopic (exact) mass is 266 g/mol. The first-order valence-corrected chi connectivity index (χ1v) is 6.70. The van der Waals surface area contributed by atoms with Crippen LogP contribution in [0, 0.1) is 0 Å². The van der Waals surface area contributed by atoms with Crippen LogP contribution in [-0.2, 0) is 0 Å². The Hall–Kier alpha value is -2.33. The molecule has 0 aliphatic rings. The number of aromatic amines is 1. The van der Waals surface area contributed by atoms with Crippen molar-refractivity contribution in [3.8, 4) is 0 Å². The smallest absolute Gasteiger partial charge is 0.0931 e. The van der Waals surface area contributed by atoms with Gasteiger partial charge in [-0.2, -0.15) is 0 Å². The Morgan fingerprint density at radius 2 is 1.90 bits per heavy atom. The maximum Gasteiger partial charge on any atom is 0.0931 e. The Morgan fingerprint density at radius 3 is 2.70 bits per heavy atom. The molecule has 0 saturated carbocycles. The summed E-state index contributed by atoms with van der Waals surface area (Å²) in [7, 11) is 3.91. The minimum absolute atomic E-state index is 0.163. The number of nitrogens with zero attached hydrogens (tertiary/aromatic N) is 1. The molecule has 1 unspecified atom stereocenters. The summed E-state index contributed by atoms with van der Waals surface area (Å²) in [5.74, 6) is 0. The van der Waals surface area contributed by atoms with E-state index in [0.717, 1.165) is 16.7 Å². The first-order chi connectivity index (χ1) is 9.81. The average molecular weight is 266 g/mol. The average Bonchev–Trinajstić information content (AvgIpc) is 2.96. The Balaban J connectivity index is 2.03. The van der Waals surface area contributed by atoms with Crippen LogP contribution in [0.4, 0.5) is 5.69 Å². The fourth-order valence-corrected chi connectivity index (χ4v) is 2.53. The molecule has 102 valence electrons. The summed E-state index contributed by atoms with van der Waals surface area (Å²) in [4.78, 5) is 7.42. The molecule has 0 fully saturated rings. The molecule has 4 heteroatoms. The van der Waals surface area contributed by atoms with Crippen LogP contribution >= 0.6 is 0 Å². The third kappa shape index (κ3) is 2.26. The first kappa shape index (κ1) is 12.7. The minimum Gasteiger partial charge on any atom is -0.388 e. The van der Waals surface area contributed by atoms with E-state index in [4.69, 9.17) is 0 Å². The predicted octanol–water partition coefficient (Wildman–Crippen LogP) is 2.91. The van der Waals surface area contributed by atoms with Crippen LogP contribution in [0.2, 0.25) is 0 Å². The third-order valence-electron chi connectivity index (χ3n) is 3.57. The van der Waals surface area contributed by atoms with Crippen molar-refractivity contribution in [3.63, 3.8) is 0 Å². The quantitative estimate of drug-likeness (QED) is 0.680. The fourth-order valence-electron chi connectivity index (χ4n) is 2.53. The van der Waals surface area contributed by atoms with Gasteiger partial charge in [0.25, 0.3) is 0 Å². The first-order valence-electron chi connectivity index (χ1n) is 6.70. The Labute approximate surface area is 118 Å². The molecule has 0 aliphatic heterocycles. The van der Waals surface area contributed by atoms with Crippen molar-refractivity contribution in [1.29, 1.82) is 0 Å². The summed E-state index contributed by atoms with van der Waals surface area (Å²) in [6.07, 6.45) is 1.73. The number of anilines is 1. The van der Waals surface area contributed by atoms with Gasteiger partial charge < -0.3 is 15.6 Å². The minimum atomic E-state index is 0.163. The third-order valence-corrected chi connectivity index (χ3v) is 3.57. The van der Waals surface area contributed by atoms with Gasteiger partial charge in [-0.15, -0.1) is 0 Å². The van der Waals surface area contributed by atoms with Crippen LogP contribution < -0.4 is 10.6 Å². The molecule has 0 spiro atoms. The van der Waals surface area contributed by atoms with Gasteiger partial charge in [0.2, 0.25) is 0 Å². The second-order valence-corrected chi connectivity index (χ2v) is 4.78. The van der Waals surface area contributed by atoms with E-state index in [1.807, 2.05) is 20.2 Å². The largest absolute Gasteiger partial charge is 0.388 e.